The normalized spacial score (nSPS) is 12.7. The molecule has 0 aliphatic carbocycles. The van der Waals surface area contributed by atoms with Gasteiger partial charge in [-0.25, -0.2) is 0 Å². The average molecular weight is 255 g/mol. The number of benzene rings is 2. The van der Waals surface area contributed by atoms with Crippen molar-refractivity contribution < 1.29 is 0 Å². The molecule has 0 radical (unpaired) electrons. The van der Waals surface area contributed by atoms with Gasteiger partial charge in [-0.1, -0.05) is 30.3 Å². The molecule has 0 N–H and O–H groups in total. The summed E-state index contributed by atoms with van der Waals surface area (Å²) < 4.78 is 0. The van der Waals surface area contributed by atoms with Crippen molar-refractivity contribution in [1.29, 1.82) is 0 Å². The van der Waals surface area contributed by atoms with E-state index >= 15 is 0 Å². The van der Waals surface area contributed by atoms with Crippen LogP contribution in [0.4, 0.5) is 5.69 Å². The molecule has 0 unspecified atom stereocenters. The zero-order chi connectivity index (χ0) is 14.3. The Morgan fingerprint density at radius 3 is 1.74 bits per heavy atom. The first-order chi connectivity index (χ1) is 8.69. The van der Waals surface area contributed by atoms with E-state index in [1.54, 1.807) is 0 Å². The zero-order valence-electron chi connectivity index (χ0n) is 13.0. The average Bonchev–Trinajstić information content (AvgIpc) is 2.25. The van der Waals surface area contributed by atoms with E-state index in [9.17, 15) is 0 Å². The van der Waals surface area contributed by atoms with Gasteiger partial charge in [0.2, 0.25) is 0 Å². The maximum atomic E-state index is 2.49. The number of rotatable bonds is 1. The SMILES string of the molecule is CC(C)(C)N(c1ccc2ccccc2c1)C(C)(C)C. The molecule has 0 fully saturated rings. The predicted octanol–water partition coefficient (Wildman–Crippen LogP) is 5.24. The lowest BCUT2D eigenvalue weighted by molar-refractivity contribution is 0.381. The van der Waals surface area contributed by atoms with Gasteiger partial charge in [0.25, 0.3) is 0 Å². The maximum absolute atomic E-state index is 2.49. The van der Waals surface area contributed by atoms with Crippen molar-refractivity contribution >= 4 is 16.5 Å². The molecule has 0 heterocycles. The summed E-state index contributed by atoms with van der Waals surface area (Å²) in [6, 6.07) is 15.3. The topological polar surface area (TPSA) is 3.24 Å². The second-order valence-corrected chi connectivity index (χ2v) is 7.21. The first-order valence-electron chi connectivity index (χ1n) is 6.99. The molecule has 0 saturated heterocycles. The minimum absolute atomic E-state index is 0.0979. The van der Waals surface area contributed by atoms with Crippen LogP contribution in [-0.2, 0) is 0 Å². The predicted molar refractivity (Wildman–Crippen MR) is 85.9 cm³/mol. The molecule has 19 heavy (non-hydrogen) atoms. The largest absolute Gasteiger partial charge is 0.362 e. The van der Waals surface area contributed by atoms with Crippen molar-refractivity contribution in [2.24, 2.45) is 0 Å². The lowest BCUT2D eigenvalue weighted by Gasteiger charge is -2.47. The monoisotopic (exact) mass is 255 g/mol. The van der Waals surface area contributed by atoms with Crippen molar-refractivity contribution in [1.82, 2.24) is 0 Å². The van der Waals surface area contributed by atoms with E-state index in [-0.39, 0.29) is 11.1 Å². The van der Waals surface area contributed by atoms with Gasteiger partial charge >= 0.3 is 0 Å². The summed E-state index contributed by atoms with van der Waals surface area (Å²) >= 11 is 0. The van der Waals surface area contributed by atoms with E-state index in [1.807, 2.05) is 0 Å². The number of hydrogen-bond acceptors (Lipinski definition) is 1. The zero-order valence-corrected chi connectivity index (χ0v) is 13.0. The van der Waals surface area contributed by atoms with Gasteiger partial charge in [0.05, 0.1) is 0 Å². The molecule has 102 valence electrons. The number of nitrogens with zero attached hydrogens (tertiary/aromatic N) is 1. The van der Waals surface area contributed by atoms with E-state index in [1.165, 1.54) is 16.5 Å². The van der Waals surface area contributed by atoms with Gasteiger partial charge in [0.1, 0.15) is 0 Å². The van der Waals surface area contributed by atoms with Crippen LogP contribution < -0.4 is 4.90 Å². The fourth-order valence-corrected chi connectivity index (χ4v) is 3.10. The van der Waals surface area contributed by atoms with Crippen LogP contribution in [0.25, 0.3) is 10.8 Å². The molecule has 0 aliphatic heterocycles. The molecular weight excluding hydrogens is 230 g/mol. The molecule has 0 bridgehead atoms. The molecule has 2 aromatic rings. The van der Waals surface area contributed by atoms with Gasteiger partial charge in [-0.15, -0.1) is 0 Å². The molecule has 0 saturated carbocycles. The number of fused-ring (bicyclic) bond motifs is 1. The second kappa shape index (κ2) is 4.56. The smallest absolute Gasteiger partial charge is 0.0381 e. The molecule has 0 atom stereocenters. The highest BCUT2D eigenvalue weighted by Gasteiger charge is 2.31. The molecule has 0 amide bonds. The minimum atomic E-state index is 0.0979. The van der Waals surface area contributed by atoms with Crippen LogP contribution in [-0.4, -0.2) is 11.1 Å². The summed E-state index contributed by atoms with van der Waals surface area (Å²) in [7, 11) is 0. The fraction of sp³-hybridized carbons (Fsp3) is 0.444. The standard InChI is InChI=1S/C18H25N/c1-17(2,3)19(18(4,5)6)16-12-11-14-9-7-8-10-15(14)13-16/h7-13H,1-6H3. The Morgan fingerprint density at radius 2 is 1.21 bits per heavy atom. The van der Waals surface area contributed by atoms with Gasteiger partial charge in [-0.05, 0) is 64.4 Å². The van der Waals surface area contributed by atoms with Crippen molar-refractivity contribution in [3.63, 3.8) is 0 Å². The van der Waals surface area contributed by atoms with Crippen LogP contribution in [0.15, 0.2) is 42.5 Å². The third-order valence-corrected chi connectivity index (χ3v) is 3.33. The first-order valence-corrected chi connectivity index (χ1v) is 6.99. The van der Waals surface area contributed by atoms with Crippen LogP contribution in [0, 0.1) is 0 Å². The molecule has 0 aliphatic rings. The van der Waals surface area contributed by atoms with E-state index in [0.717, 1.165) is 0 Å². The highest BCUT2D eigenvalue weighted by Crippen LogP contribution is 2.33. The highest BCUT2D eigenvalue weighted by molar-refractivity contribution is 5.86. The van der Waals surface area contributed by atoms with Gasteiger partial charge in [0.15, 0.2) is 0 Å². The lowest BCUT2D eigenvalue weighted by Crippen LogP contribution is -2.53. The summed E-state index contributed by atoms with van der Waals surface area (Å²) in [6.07, 6.45) is 0. The van der Waals surface area contributed by atoms with Crippen LogP contribution in [0.5, 0.6) is 0 Å². The summed E-state index contributed by atoms with van der Waals surface area (Å²) in [5, 5.41) is 2.60. The quantitative estimate of drug-likeness (QED) is 0.673. The minimum Gasteiger partial charge on any atom is -0.362 e. The van der Waals surface area contributed by atoms with Crippen molar-refractivity contribution in [2.75, 3.05) is 4.90 Å². The van der Waals surface area contributed by atoms with Crippen molar-refractivity contribution in [3.05, 3.63) is 42.5 Å². The van der Waals surface area contributed by atoms with E-state index in [0.29, 0.717) is 0 Å². The summed E-state index contributed by atoms with van der Waals surface area (Å²) in [4.78, 5) is 2.49. The third kappa shape index (κ3) is 2.91. The Bertz CT molecular complexity index is 556. The van der Waals surface area contributed by atoms with Crippen LogP contribution in [0.2, 0.25) is 0 Å². The Hall–Kier alpha value is -1.50. The van der Waals surface area contributed by atoms with Gasteiger partial charge in [0, 0.05) is 16.8 Å². The number of anilines is 1. The number of hydrogen-bond donors (Lipinski definition) is 0. The second-order valence-electron chi connectivity index (χ2n) is 7.21. The first kappa shape index (κ1) is 13.9. The molecule has 2 aromatic carbocycles. The lowest BCUT2D eigenvalue weighted by atomic mass is 9.94. The fourth-order valence-electron chi connectivity index (χ4n) is 3.10. The molecule has 0 spiro atoms. The molecule has 1 nitrogen and oxygen atoms in total. The van der Waals surface area contributed by atoms with Crippen molar-refractivity contribution in [2.45, 2.75) is 52.6 Å². The molecule has 0 aromatic heterocycles. The Labute approximate surface area is 117 Å². The van der Waals surface area contributed by atoms with Gasteiger partial charge in [-0.2, -0.15) is 0 Å². The van der Waals surface area contributed by atoms with E-state index in [2.05, 4.69) is 88.9 Å². The van der Waals surface area contributed by atoms with Gasteiger partial charge in [-0.3, -0.25) is 0 Å². The van der Waals surface area contributed by atoms with E-state index in [4.69, 9.17) is 0 Å². The third-order valence-electron chi connectivity index (χ3n) is 3.33. The summed E-state index contributed by atoms with van der Waals surface area (Å²) in [6.45, 7) is 13.6. The summed E-state index contributed by atoms with van der Waals surface area (Å²) in [5.74, 6) is 0. The van der Waals surface area contributed by atoms with Crippen LogP contribution in [0.1, 0.15) is 41.5 Å². The van der Waals surface area contributed by atoms with E-state index < -0.39 is 0 Å². The Morgan fingerprint density at radius 1 is 0.684 bits per heavy atom. The molecule has 1 heteroatoms. The van der Waals surface area contributed by atoms with Crippen LogP contribution >= 0.6 is 0 Å². The Balaban J connectivity index is 2.57. The van der Waals surface area contributed by atoms with Crippen molar-refractivity contribution in [3.8, 4) is 0 Å². The van der Waals surface area contributed by atoms with Gasteiger partial charge < -0.3 is 4.90 Å². The Kier molecular flexibility index (Phi) is 3.34. The summed E-state index contributed by atoms with van der Waals surface area (Å²) in [5.41, 5.74) is 1.49. The maximum Gasteiger partial charge on any atom is 0.0381 e. The van der Waals surface area contributed by atoms with Crippen LogP contribution in [0.3, 0.4) is 0 Å². The molecule has 2 rings (SSSR count). The highest BCUT2D eigenvalue weighted by atomic mass is 15.2. The molecular formula is C18H25N.